The first-order valence-electron chi connectivity index (χ1n) is 8.50. The Morgan fingerprint density at radius 3 is 2.92 bits per heavy atom. The van der Waals surface area contributed by atoms with E-state index in [-0.39, 0.29) is 11.9 Å². The monoisotopic (exact) mass is 344 g/mol. The van der Waals surface area contributed by atoms with Gasteiger partial charge in [0, 0.05) is 17.4 Å². The van der Waals surface area contributed by atoms with Gasteiger partial charge in [-0.05, 0) is 62.0 Å². The molecule has 1 aromatic heterocycles. The van der Waals surface area contributed by atoms with Crippen LogP contribution >= 0.6 is 11.6 Å². The fourth-order valence-electron chi connectivity index (χ4n) is 3.97. The van der Waals surface area contributed by atoms with Crippen LogP contribution in [0, 0.1) is 0 Å². The third-order valence-electron chi connectivity index (χ3n) is 5.32. The smallest absolute Gasteiger partial charge is 0.248 e. The molecule has 2 aromatic rings. The van der Waals surface area contributed by atoms with Gasteiger partial charge in [-0.1, -0.05) is 23.7 Å². The van der Waals surface area contributed by atoms with Crippen LogP contribution in [0.15, 0.2) is 36.7 Å². The first kappa shape index (κ1) is 15.7. The average molecular weight is 345 g/mol. The second-order valence-corrected chi connectivity index (χ2v) is 7.01. The number of hydrogen-bond acceptors (Lipinski definition) is 3. The topological polar surface area (TPSA) is 59.0 Å². The zero-order chi connectivity index (χ0) is 16.6. The third kappa shape index (κ3) is 2.52. The number of halogens is 1. The summed E-state index contributed by atoms with van der Waals surface area (Å²) >= 11 is 6.29. The number of nitrogens with zero attached hydrogens (tertiary/aromatic N) is 2. The van der Waals surface area contributed by atoms with E-state index in [4.69, 9.17) is 11.6 Å². The lowest BCUT2D eigenvalue weighted by molar-refractivity contribution is -0.132. The van der Waals surface area contributed by atoms with Crippen molar-refractivity contribution < 1.29 is 4.79 Å². The molecule has 2 N–H and O–H groups in total. The van der Waals surface area contributed by atoms with Crippen LogP contribution in [-0.2, 0) is 16.8 Å². The van der Waals surface area contributed by atoms with Gasteiger partial charge in [0.05, 0.1) is 6.04 Å². The maximum atomic E-state index is 13.2. The van der Waals surface area contributed by atoms with Crippen LogP contribution in [0.1, 0.15) is 36.4 Å². The van der Waals surface area contributed by atoms with Gasteiger partial charge in [0.15, 0.2) is 0 Å². The normalized spacial score (nSPS) is 22.1. The Morgan fingerprint density at radius 2 is 2.17 bits per heavy atom. The van der Waals surface area contributed by atoms with Crippen LogP contribution in [0.2, 0.25) is 5.02 Å². The molecule has 1 aliphatic carbocycles. The average Bonchev–Trinajstić information content (AvgIpc) is 3.27. The van der Waals surface area contributed by atoms with E-state index in [9.17, 15) is 4.79 Å². The summed E-state index contributed by atoms with van der Waals surface area (Å²) in [6.07, 6.45) is 6.94. The van der Waals surface area contributed by atoms with E-state index in [1.54, 1.807) is 6.20 Å². The van der Waals surface area contributed by atoms with Gasteiger partial charge in [0.2, 0.25) is 5.91 Å². The fourth-order valence-corrected chi connectivity index (χ4v) is 4.25. The predicted octanol–water partition coefficient (Wildman–Crippen LogP) is 2.42. The Morgan fingerprint density at radius 1 is 1.33 bits per heavy atom. The number of amides is 1. The first-order valence-corrected chi connectivity index (χ1v) is 8.88. The van der Waals surface area contributed by atoms with Gasteiger partial charge >= 0.3 is 0 Å². The summed E-state index contributed by atoms with van der Waals surface area (Å²) in [5, 5.41) is 11.8. The van der Waals surface area contributed by atoms with Crippen molar-refractivity contribution in [2.75, 3.05) is 13.1 Å². The highest BCUT2D eigenvalue weighted by Gasteiger charge is 2.43. The van der Waals surface area contributed by atoms with E-state index in [1.807, 2.05) is 29.1 Å². The van der Waals surface area contributed by atoms with Crippen LogP contribution in [-0.4, -0.2) is 28.8 Å². The van der Waals surface area contributed by atoms with E-state index in [0.29, 0.717) is 0 Å². The molecule has 1 fully saturated rings. The lowest BCUT2D eigenvalue weighted by atomic mass is 9.87. The standard InChI is InChI=1S/C18H21ClN4O/c19-15-4-1-3-14-13(15)5-6-16(14)22-17(24)18(7-10-20-11-8-18)23-12-2-9-21-23/h1-4,9,12,16,20H,5-8,10-11H2,(H,22,24). The van der Waals surface area contributed by atoms with Crippen LogP contribution in [0.4, 0.5) is 0 Å². The number of piperidine rings is 1. The van der Waals surface area contributed by atoms with E-state index < -0.39 is 5.54 Å². The Labute approximate surface area is 146 Å². The molecule has 1 unspecified atom stereocenters. The summed E-state index contributed by atoms with van der Waals surface area (Å²) in [5.74, 6) is 0.0607. The molecule has 1 aromatic carbocycles. The minimum atomic E-state index is -0.601. The zero-order valence-electron chi connectivity index (χ0n) is 13.5. The molecule has 5 nitrogen and oxygen atoms in total. The molecule has 6 heteroatoms. The largest absolute Gasteiger partial charge is 0.347 e. The highest BCUT2D eigenvalue weighted by atomic mass is 35.5. The number of hydrogen-bond donors (Lipinski definition) is 2. The van der Waals surface area contributed by atoms with Crippen molar-refractivity contribution in [2.45, 2.75) is 37.3 Å². The molecule has 2 heterocycles. The lowest BCUT2D eigenvalue weighted by Crippen LogP contribution is -2.55. The maximum absolute atomic E-state index is 13.2. The van der Waals surface area contributed by atoms with E-state index in [1.165, 1.54) is 5.56 Å². The molecule has 0 saturated carbocycles. The van der Waals surface area contributed by atoms with E-state index in [2.05, 4.69) is 21.8 Å². The SMILES string of the molecule is O=C(NC1CCc2c(Cl)cccc21)C1(n2cccn2)CCNCC1. The molecule has 1 aliphatic heterocycles. The number of fused-ring (bicyclic) bond motifs is 1. The van der Waals surface area contributed by atoms with E-state index in [0.717, 1.165) is 49.4 Å². The van der Waals surface area contributed by atoms with Gasteiger partial charge in [0.1, 0.15) is 5.54 Å². The molecule has 126 valence electrons. The number of benzene rings is 1. The summed E-state index contributed by atoms with van der Waals surface area (Å²) < 4.78 is 1.83. The summed E-state index contributed by atoms with van der Waals surface area (Å²) in [6.45, 7) is 1.64. The van der Waals surface area contributed by atoms with Gasteiger partial charge in [-0.25, -0.2) is 0 Å². The minimum Gasteiger partial charge on any atom is -0.347 e. The Balaban J connectivity index is 1.61. The van der Waals surface area contributed by atoms with Crippen molar-refractivity contribution in [1.82, 2.24) is 20.4 Å². The van der Waals surface area contributed by atoms with Crippen molar-refractivity contribution in [2.24, 2.45) is 0 Å². The van der Waals surface area contributed by atoms with Crippen molar-refractivity contribution >= 4 is 17.5 Å². The molecule has 0 spiro atoms. The second kappa shape index (κ2) is 6.22. The summed E-state index contributed by atoms with van der Waals surface area (Å²) in [6, 6.07) is 7.86. The van der Waals surface area contributed by atoms with Crippen LogP contribution in [0.3, 0.4) is 0 Å². The Hall–Kier alpha value is -1.85. The van der Waals surface area contributed by atoms with Crippen molar-refractivity contribution in [1.29, 1.82) is 0 Å². The molecule has 4 rings (SSSR count). The first-order chi connectivity index (χ1) is 11.7. The second-order valence-electron chi connectivity index (χ2n) is 6.60. The predicted molar refractivity (Wildman–Crippen MR) is 93.0 cm³/mol. The molecular weight excluding hydrogens is 324 g/mol. The number of aromatic nitrogens is 2. The maximum Gasteiger partial charge on any atom is 0.248 e. The van der Waals surface area contributed by atoms with Crippen molar-refractivity contribution in [3.8, 4) is 0 Å². The zero-order valence-corrected chi connectivity index (χ0v) is 14.2. The summed E-state index contributed by atoms with van der Waals surface area (Å²) in [5.41, 5.74) is 1.72. The fraction of sp³-hybridized carbons (Fsp3) is 0.444. The lowest BCUT2D eigenvalue weighted by Gasteiger charge is -2.37. The quantitative estimate of drug-likeness (QED) is 0.899. The molecule has 2 aliphatic rings. The number of rotatable bonds is 3. The van der Waals surface area contributed by atoms with Gasteiger partial charge in [-0.3, -0.25) is 9.48 Å². The highest BCUT2D eigenvalue weighted by Crippen LogP contribution is 2.37. The number of carbonyl (C=O) groups excluding carboxylic acids is 1. The number of carbonyl (C=O) groups is 1. The minimum absolute atomic E-state index is 0.0357. The van der Waals surface area contributed by atoms with Crippen LogP contribution in [0.25, 0.3) is 0 Å². The third-order valence-corrected chi connectivity index (χ3v) is 5.67. The van der Waals surface area contributed by atoms with Crippen LogP contribution < -0.4 is 10.6 Å². The summed E-state index contributed by atoms with van der Waals surface area (Å²) in [7, 11) is 0. The molecule has 24 heavy (non-hydrogen) atoms. The molecule has 0 radical (unpaired) electrons. The summed E-state index contributed by atoms with van der Waals surface area (Å²) in [4.78, 5) is 13.2. The van der Waals surface area contributed by atoms with Gasteiger partial charge in [-0.2, -0.15) is 5.10 Å². The van der Waals surface area contributed by atoms with Gasteiger partial charge in [0.25, 0.3) is 0 Å². The van der Waals surface area contributed by atoms with E-state index >= 15 is 0 Å². The molecule has 1 atom stereocenters. The number of nitrogens with one attached hydrogen (secondary N) is 2. The Bertz CT molecular complexity index is 737. The van der Waals surface area contributed by atoms with Gasteiger partial charge < -0.3 is 10.6 Å². The van der Waals surface area contributed by atoms with Crippen molar-refractivity contribution in [3.63, 3.8) is 0 Å². The van der Waals surface area contributed by atoms with Gasteiger partial charge in [-0.15, -0.1) is 0 Å². The Kier molecular flexibility index (Phi) is 4.06. The van der Waals surface area contributed by atoms with Crippen LogP contribution in [0.5, 0.6) is 0 Å². The molecule has 1 saturated heterocycles. The molecule has 0 bridgehead atoms. The van der Waals surface area contributed by atoms with Crippen molar-refractivity contribution in [3.05, 3.63) is 52.8 Å². The highest BCUT2D eigenvalue weighted by molar-refractivity contribution is 6.31. The molecular formula is C18H21ClN4O. The molecule has 1 amide bonds.